The monoisotopic (exact) mass is 320 g/mol. The van der Waals surface area contributed by atoms with E-state index >= 15 is 0 Å². The number of amides is 2. The topological polar surface area (TPSA) is 58.4 Å². The van der Waals surface area contributed by atoms with Gasteiger partial charge in [-0.2, -0.15) is 0 Å². The number of aromatic nitrogens is 2. The number of benzene rings is 1. The van der Waals surface area contributed by atoms with Gasteiger partial charge in [-0.15, -0.1) is 0 Å². The van der Waals surface area contributed by atoms with Crippen LogP contribution in [0.2, 0.25) is 0 Å². The van der Waals surface area contributed by atoms with Gasteiger partial charge in [-0.1, -0.05) is 30.3 Å². The predicted molar refractivity (Wildman–Crippen MR) is 93.1 cm³/mol. The van der Waals surface area contributed by atoms with E-state index in [1.165, 1.54) is 11.1 Å². The number of pyridine rings is 1. The minimum atomic E-state index is -0.100. The second-order valence-electron chi connectivity index (χ2n) is 6.22. The lowest BCUT2D eigenvalue weighted by atomic mass is 10.1. The van der Waals surface area contributed by atoms with Crippen molar-refractivity contribution in [2.24, 2.45) is 0 Å². The highest BCUT2D eigenvalue weighted by atomic mass is 16.2. The number of carbonyl (C=O) groups excluding carboxylic acids is 1. The van der Waals surface area contributed by atoms with Crippen LogP contribution in [-0.4, -0.2) is 28.0 Å². The molecule has 1 aliphatic carbocycles. The third-order valence-electron chi connectivity index (χ3n) is 4.47. The molecule has 122 valence electrons. The zero-order chi connectivity index (χ0) is 16.4. The average Bonchev–Trinajstić information content (AvgIpc) is 3.17. The first-order chi connectivity index (χ1) is 11.8. The van der Waals surface area contributed by atoms with Crippen LogP contribution in [-0.2, 0) is 19.3 Å². The number of hydrogen-bond donors (Lipinski definition) is 2. The Labute approximate surface area is 140 Å². The molecule has 2 aromatic heterocycles. The molecule has 5 heteroatoms. The Hall–Kier alpha value is -2.82. The summed E-state index contributed by atoms with van der Waals surface area (Å²) in [6.07, 6.45) is 6.53. The van der Waals surface area contributed by atoms with Gasteiger partial charge in [0.25, 0.3) is 0 Å². The molecular weight excluding hydrogens is 300 g/mol. The van der Waals surface area contributed by atoms with Gasteiger partial charge in [0, 0.05) is 31.4 Å². The molecule has 1 aliphatic rings. The SMILES string of the molecule is O=C(NCCc1cn2ccccc2n1)NC1Cc2ccccc2C1. The summed E-state index contributed by atoms with van der Waals surface area (Å²) in [5, 5.41) is 5.99. The molecule has 5 nitrogen and oxygen atoms in total. The molecule has 0 aliphatic heterocycles. The molecule has 0 spiro atoms. The highest BCUT2D eigenvalue weighted by Crippen LogP contribution is 2.21. The highest BCUT2D eigenvalue weighted by molar-refractivity contribution is 5.74. The zero-order valence-corrected chi connectivity index (χ0v) is 13.4. The summed E-state index contributed by atoms with van der Waals surface area (Å²) in [4.78, 5) is 16.6. The van der Waals surface area contributed by atoms with Crippen molar-refractivity contribution >= 4 is 11.7 Å². The Kier molecular flexibility index (Phi) is 3.91. The minimum Gasteiger partial charge on any atom is -0.338 e. The third kappa shape index (κ3) is 3.11. The van der Waals surface area contributed by atoms with E-state index in [0.717, 1.165) is 30.6 Å². The molecule has 0 saturated heterocycles. The molecule has 0 fully saturated rings. The maximum atomic E-state index is 12.1. The number of hydrogen-bond acceptors (Lipinski definition) is 2. The van der Waals surface area contributed by atoms with E-state index < -0.39 is 0 Å². The van der Waals surface area contributed by atoms with Gasteiger partial charge in [0.05, 0.1) is 5.69 Å². The van der Waals surface area contributed by atoms with Crippen LogP contribution in [0.25, 0.3) is 5.65 Å². The summed E-state index contributed by atoms with van der Waals surface area (Å²) in [6, 6.07) is 14.4. The van der Waals surface area contributed by atoms with E-state index in [1.54, 1.807) is 0 Å². The maximum absolute atomic E-state index is 12.1. The van der Waals surface area contributed by atoms with Crippen LogP contribution >= 0.6 is 0 Å². The average molecular weight is 320 g/mol. The first-order valence-corrected chi connectivity index (χ1v) is 8.32. The molecule has 0 unspecified atom stereocenters. The quantitative estimate of drug-likeness (QED) is 0.775. The fourth-order valence-corrected chi connectivity index (χ4v) is 3.31. The molecule has 0 radical (unpaired) electrons. The summed E-state index contributed by atoms with van der Waals surface area (Å²) in [5.41, 5.74) is 4.59. The molecule has 24 heavy (non-hydrogen) atoms. The van der Waals surface area contributed by atoms with Gasteiger partial charge in [-0.3, -0.25) is 0 Å². The highest BCUT2D eigenvalue weighted by Gasteiger charge is 2.22. The first-order valence-electron chi connectivity index (χ1n) is 8.32. The van der Waals surface area contributed by atoms with Crippen molar-refractivity contribution in [3.8, 4) is 0 Å². The van der Waals surface area contributed by atoms with Crippen molar-refractivity contribution in [3.05, 3.63) is 71.7 Å². The van der Waals surface area contributed by atoms with Gasteiger partial charge in [0.15, 0.2) is 0 Å². The van der Waals surface area contributed by atoms with Crippen molar-refractivity contribution in [2.45, 2.75) is 25.3 Å². The second-order valence-corrected chi connectivity index (χ2v) is 6.22. The van der Waals surface area contributed by atoms with Crippen molar-refractivity contribution in [3.63, 3.8) is 0 Å². The number of urea groups is 1. The van der Waals surface area contributed by atoms with Crippen molar-refractivity contribution < 1.29 is 4.79 Å². The summed E-state index contributed by atoms with van der Waals surface area (Å²) in [5.74, 6) is 0. The van der Waals surface area contributed by atoms with Crippen LogP contribution < -0.4 is 10.6 Å². The van der Waals surface area contributed by atoms with Gasteiger partial charge < -0.3 is 15.0 Å². The van der Waals surface area contributed by atoms with Crippen LogP contribution in [0.4, 0.5) is 4.79 Å². The fraction of sp³-hybridized carbons (Fsp3) is 0.263. The smallest absolute Gasteiger partial charge is 0.315 e. The van der Waals surface area contributed by atoms with Crippen LogP contribution in [0.5, 0.6) is 0 Å². The Morgan fingerprint density at radius 3 is 2.62 bits per heavy atom. The molecule has 1 aromatic carbocycles. The number of fused-ring (bicyclic) bond motifs is 2. The molecular formula is C19H20N4O. The molecule has 4 rings (SSSR count). The largest absolute Gasteiger partial charge is 0.338 e. The lowest BCUT2D eigenvalue weighted by Crippen LogP contribution is -2.43. The normalized spacial score (nSPS) is 13.8. The molecule has 2 N–H and O–H groups in total. The van der Waals surface area contributed by atoms with Gasteiger partial charge >= 0.3 is 6.03 Å². The summed E-state index contributed by atoms with van der Waals surface area (Å²) in [6.45, 7) is 0.579. The molecule has 3 aromatic rings. The Morgan fingerprint density at radius 2 is 1.88 bits per heavy atom. The Bertz CT molecular complexity index is 812. The van der Waals surface area contributed by atoms with Crippen LogP contribution in [0.1, 0.15) is 16.8 Å². The predicted octanol–water partition coefficient (Wildman–Crippen LogP) is 2.34. The van der Waals surface area contributed by atoms with E-state index in [-0.39, 0.29) is 12.1 Å². The maximum Gasteiger partial charge on any atom is 0.315 e. The molecule has 0 saturated carbocycles. The number of carbonyl (C=O) groups is 1. The minimum absolute atomic E-state index is 0.100. The third-order valence-corrected chi connectivity index (χ3v) is 4.47. The van der Waals surface area contributed by atoms with Gasteiger partial charge in [-0.25, -0.2) is 9.78 Å². The van der Waals surface area contributed by atoms with E-state index in [4.69, 9.17) is 0 Å². The first kappa shape index (κ1) is 14.8. The lowest BCUT2D eigenvalue weighted by molar-refractivity contribution is 0.237. The molecule has 2 heterocycles. The number of nitrogens with one attached hydrogen (secondary N) is 2. The van der Waals surface area contributed by atoms with E-state index in [9.17, 15) is 4.79 Å². The van der Waals surface area contributed by atoms with E-state index in [2.05, 4.69) is 39.9 Å². The number of nitrogens with zero attached hydrogens (tertiary/aromatic N) is 2. The van der Waals surface area contributed by atoms with Gasteiger partial charge in [0.2, 0.25) is 0 Å². The van der Waals surface area contributed by atoms with Crippen LogP contribution in [0.3, 0.4) is 0 Å². The van der Waals surface area contributed by atoms with Gasteiger partial charge in [-0.05, 0) is 36.1 Å². The summed E-state index contributed by atoms with van der Waals surface area (Å²) < 4.78 is 1.99. The summed E-state index contributed by atoms with van der Waals surface area (Å²) >= 11 is 0. The molecule has 0 bridgehead atoms. The summed E-state index contributed by atoms with van der Waals surface area (Å²) in [7, 11) is 0. The van der Waals surface area contributed by atoms with Gasteiger partial charge in [0.1, 0.15) is 5.65 Å². The number of imidazole rings is 1. The van der Waals surface area contributed by atoms with Crippen LogP contribution in [0, 0.1) is 0 Å². The zero-order valence-electron chi connectivity index (χ0n) is 13.4. The van der Waals surface area contributed by atoms with Crippen molar-refractivity contribution in [1.29, 1.82) is 0 Å². The van der Waals surface area contributed by atoms with E-state index in [0.29, 0.717) is 6.54 Å². The van der Waals surface area contributed by atoms with Crippen molar-refractivity contribution in [2.75, 3.05) is 6.54 Å². The van der Waals surface area contributed by atoms with E-state index in [1.807, 2.05) is 35.0 Å². The Morgan fingerprint density at radius 1 is 1.12 bits per heavy atom. The van der Waals surface area contributed by atoms with Crippen molar-refractivity contribution in [1.82, 2.24) is 20.0 Å². The van der Waals surface area contributed by atoms with Crippen LogP contribution in [0.15, 0.2) is 54.9 Å². The number of rotatable bonds is 4. The fourth-order valence-electron chi connectivity index (χ4n) is 3.31. The second kappa shape index (κ2) is 6.35. The molecule has 0 atom stereocenters. The standard InChI is InChI=1S/C19H20N4O/c24-19(22-17-11-14-5-1-2-6-15(14)12-17)20-9-8-16-13-23-10-4-3-7-18(23)21-16/h1-7,10,13,17H,8-9,11-12H2,(H2,20,22,24). The Balaban J connectivity index is 1.25. The lowest BCUT2D eigenvalue weighted by Gasteiger charge is -2.12. The molecule has 2 amide bonds.